The third kappa shape index (κ3) is 3.93. The van der Waals surface area contributed by atoms with Crippen molar-refractivity contribution in [2.75, 3.05) is 17.3 Å². The summed E-state index contributed by atoms with van der Waals surface area (Å²) in [6.07, 6.45) is -4.10. The van der Waals surface area contributed by atoms with E-state index in [-0.39, 0.29) is 18.4 Å². The number of aromatic nitrogens is 2. The van der Waals surface area contributed by atoms with Gasteiger partial charge in [-0.2, -0.15) is 18.2 Å². The van der Waals surface area contributed by atoms with Crippen LogP contribution in [0.3, 0.4) is 0 Å². The molecule has 0 saturated heterocycles. The second kappa shape index (κ2) is 5.57. The van der Waals surface area contributed by atoms with Crippen molar-refractivity contribution in [3.63, 3.8) is 0 Å². The molecule has 6 nitrogen and oxygen atoms in total. The first-order valence-corrected chi connectivity index (χ1v) is 5.56. The maximum absolute atomic E-state index is 12.6. The average Bonchev–Trinajstić information content (AvgIpc) is 2.37. The zero-order valence-corrected chi connectivity index (χ0v) is 10.5. The van der Waals surface area contributed by atoms with Crippen LogP contribution >= 0.6 is 0 Å². The molecule has 1 heterocycles. The van der Waals surface area contributed by atoms with Gasteiger partial charge in [-0.15, -0.1) is 0 Å². The Balaban J connectivity index is 3.14. The van der Waals surface area contributed by atoms with Gasteiger partial charge in [0.15, 0.2) is 5.69 Å². The summed E-state index contributed by atoms with van der Waals surface area (Å²) in [4.78, 5) is 7.01. The first-order chi connectivity index (χ1) is 8.74. The highest BCUT2D eigenvalue weighted by molar-refractivity contribution is 5.44. The van der Waals surface area contributed by atoms with Gasteiger partial charge in [0, 0.05) is 6.07 Å². The van der Waals surface area contributed by atoms with E-state index in [1.54, 1.807) is 13.8 Å². The largest absolute Gasteiger partial charge is 0.433 e. The number of hydrogen-bond donors (Lipinski definition) is 4. The van der Waals surface area contributed by atoms with E-state index in [0.29, 0.717) is 6.42 Å². The lowest BCUT2D eigenvalue weighted by Gasteiger charge is -2.28. The molecule has 108 valence electrons. The Kier molecular flexibility index (Phi) is 4.53. The minimum Gasteiger partial charge on any atom is -0.394 e. The smallest absolute Gasteiger partial charge is 0.394 e. The molecule has 0 spiro atoms. The molecule has 1 aromatic heterocycles. The molecule has 0 amide bonds. The summed E-state index contributed by atoms with van der Waals surface area (Å²) in [6.45, 7) is 3.20. The van der Waals surface area contributed by atoms with Gasteiger partial charge in [-0.25, -0.2) is 10.8 Å². The van der Waals surface area contributed by atoms with Crippen molar-refractivity contribution in [1.29, 1.82) is 0 Å². The third-order valence-corrected chi connectivity index (χ3v) is 2.70. The Morgan fingerprint density at radius 3 is 2.42 bits per heavy atom. The van der Waals surface area contributed by atoms with Crippen molar-refractivity contribution >= 4 is 11.8 Å². The van der Waals surface area contributed by atoms with E-state index in [4.69, 9.17) is 5.84 Å². The highest BCUT2D eigenvalue weighted by atomic mass is 19.4. The van der Waals surface area contributed by atoms with Crippen LogP contribution < -0.4 is 16.6 Å². The molecule has 0 aliphatic heterocycles. The quantitative estimate of drug-likeness (QED) is 0.480. The maximum atomic E-state index is 12.6. The van der Waals surface area contributed by atoms with Crippen molar-refractivity contribution in [3.8, 4) is 0 Å². The van der Waals surface area contributed by atoms with Crippen LogP contribution in [-0.4, -0.2) is 27.2 Å². The Morgan fingerprint density at radius 1 is 1.37 bits per heavy atom. The Morgan fingerprint density at radius 2 is 2.00 bits per heavy atom. The van der Waals surface area contributed by atoms with Crippen LogP contribution in [0.5, 0.6) is 0 Å². The van der Waals surface area contributed by atoms with Gasteiger partial charge >= 0.3 is 6.18 Å². The molecule has 0 fully saturated rings. The summed E-state index contributed by atoms with van der Waals surface area (Å²) in [5, 5.41) is 12.0. The first kappa shape index (κ1) is 15.4. The molecule has 0 saturated carbocycles. The van der Waals surface area contributed by atoms with Crippen molar-refractivity contribution in [3.05, 3.63) is 11.8 Å². The summed E-state index contributed by atoms with van der Waals surface area (Å²) >= 11 is 0. The number of nitrogen functional groups attached to an aromatic ring is 1. The highest BCUT2D eigenvalue weighted by Gasteiger charge is 2.34. The van der Waals surface area contributed by atoms with Crippen LogP contribution in [0.2, 0.25) is 0 Å². The van der Waals surface area contributed by atoms with E-state index in [1.165, 1.54) is 0 Å². The molecule has 1 rings (SSSR count). The minimum absolute atomic E-state index is 0.0614. The summed E-state index contributed by atoms with van der Waals surface area (Å²) in [5.74, 6) is 4.63. The van der Waals surface area contributed by atoms with Gasteiger partial charge in [0.1, 0.15) is 5.82 Å². The number of nitrogens with one attached hydrogen (secondary N) is 2. The number of anilines is 2. The van der Waals surface area contributed by atoms with E-state index < -0.39 is 17.4 Å². The number of halogens is 3. The van der Waals surface area contributed by atoms with E-state index in [9.17, 15) is 18.3 Å². The predicted molar refractivity (Wildman–Crippen MR) is 64.2 cm³/mol. The zero-order chi connectivity index (χ0) is 14.7. The van der Waals surface area contributed by atoms with Gasteiger partial charge in [0.05, 0.1) is 12.1 Å². The van der Waals surface area contributed by atoms with Crippen molar-refractivity contribution < 1.29 is 18.3 Å². The molecule has 9 heteroatoms. The fraction of sp³-hybridized carbons (Fsp3) is 0.600. The number of nitrogens with zero attached hydrogens (tertiary/aromatic N) is 2. The lowest BCUT2D eigenvalue weighted by atomic mass is 10.0. The lowest BCUT2D eigenvalue weighted by Crippen LogP contribution is -2.38. The van der Waals surface area contributed by atoms with Gasteiger partial charge < -0.3 is 10.4 Å². The molecule has 0 aliphatic carbocycles. The van der Waals surface area contributed by atoms with Crippen LogP contribution in [0.15, 0.2) is 6.07 Å². The van der Waals surface area contributed by atoms with Gasteiger partial charge in [0.2, 0.25) is 5.95 Å². The Labute approximate surface area is 108 Å². The molecule has 0 radical (unpaired) electrons. The third-order valence-electron chi connectivity index (χ3n) is 2.70. The SMILES string of the molecule is CCC(C)(CO)Nc1cc(C(F)(F)F)nc(NN)n1. The molecule has 0 aliphatic rings. The molecule has 1 atom stereocenters. The molecule has 1 aromatic rings. The number of aliphatic hydroxyl groups is 1. The Hall–Kier alpha value is -1.61. The fourth-order valence-corrected chi connectivity index (χ4v) is 1.27. The second-order valence-electron chi connectivity index (χ2n) is 4.30. The predicted octanol–water partition coefficient (Wildman–Crippen LogP) is 1.35. The van der Waals surface area contributed by atoms with E-state index >= 15 is 0 Å². The Bertz CT molecular complexity index is 434. The summed E-state index contributed by atoms with van der Waals surface area (Å²) in [7, 11) is 0. The normalized spacial score (nSPS) is 14.9. The van der Waals surface area contributed by atoms with Crippen LogP contribution in [0.4, 0.5) is 24.9 Å². The number of nitrogens with two attached hydrogens (primary N) is 1. The van der Waals surface area contributed by atoms with E-state index in [0.717, 1.165) is 6.07 Å². The number of aliphatic hydroxyl groups excluding tert-OH is 1. The fourth-order valence-electron chi connectivity index (χ4n) is 1.27. The molecule has 0 bridgehead atoms. The molecule has 1 unspecified atom stereocenters. The van der Waals surface area contributed by atoms with Gasteiger partial charge in [-0.3, -0.25) is 5.43 Å². The van der Waals surface area contributed by atoms with Crippen LogP contribution in [-0.2, 0) is 6.18 Å². The number of hydrogen-bond acceptors (Lipinski definition) is 6. The van der Waals surface area contributed by atoms with Gasteiger partial charge in [-0.05, 0) is 13.3 Å². The molecule has 5 N–H and O–H groups in total. The van der Waals surface area contributed by atoms with E-state index in [1.807, 2.05) is 5.43 Å². The number of alkyl halides is 3. The summed E-state index contributed by atoms with van der Waals surface area (Å²) in [6, 6.07) is 0.768. The summed E-state index contributed by atoms with van der Waals surface area (Å²) in [5.41, 5.74) is 0.0859. The topological polar surface area (TPSA) is 96.1 Å². The molecule has 19 heavy (non-hydrogen) atoms. The number of hydrazine groups is 1. The minimum atomic E-state index is -4.60. The van der Waals surface area contributed by atoms with Crippen LogP contribution in [0.1, 0.15) is 26.0 Å². The van der Waals surface area contributed by atoms with Crippen LogP contribution in [0.25, 0.3) is 0 Å². The van der Waals surface area contributed by atoms with Gasteiger partial charge in [0.25, 0.3) is 0 Å². The van der Waals surface area contributed by atoms with Gasteiger partial charge in [-0.1, -0.05) is 6.92 Å². The lowest BCUT2D eigenvalue weighted by molar-refractivity contribution is -0.141. The van der Waals surface area contributed by atoms with Crippen molar-refractivity contribution in [2.45, 2.75) is 32.0 Å². The average molecular weight is 279 g/mol. The molecule has 0 aromatic carbocycles. The highest BCUT2D eigenvalue weighted by Crippen LogP contribution is 2.30. The standard InChI is InChI=1S/C10H16F3N5O/c1-3-9(2,5-19)17-7-4-6(10(11,12)13)15-8(16-7)18-14/h4,19H,3,5,14H2,1-2H3,(H2,15,16,17,18). The monoisotopic (exact) mass is 279 g/mol. The van der Waals surface area contributed by atoms with Crippen LogP contribution in [0, 0.1) is 0 Å². The molecular formula is C10H16F3N5O. The first-order valence-electron chi connectivity index (χ1n) is 5.56. The number of rotatable bonds is 5. The van der Waals surface area contributed by atoms with E-state index in [2.05, 4.69) is 15.3 Å². The second-order valence-corrected chi connectivity index (χ2v) is 4.30. The summed E-state index contributed by atoms with van der Waals surface area (Å²) < 4.78 is 37.9. The maximum Gasteiger partial charge on any atom is 0.433 e. The van der Waals surface area contributed by atoms with Crippen molar-refractivity contribution in [2.24, 2.45) is 5.84 Å². The van der Waals surface area contributed by atoms with Crippen molar-refractivity contribution in [1.82, 2.24) is 9.97 Å². The zero-order valence-electron chi connectivity index (χ0n) is 10.5. The molecular weight excluding hydrogens is 263 g/mol.